The minimum absolute atomic E-state index is 0.00844. The van der Waals surface area contributed by atoms with Crippen molar-refractivity contribution in [3.05, 3.63) is 188 Å². The van der Waals surface area contributed by atoms with Crippen LogP contribution < -0.4 is 0 Å². The molecule has 0 radical (unpaired) electrons. The topological polar surface area (TPSA) is 441 Å². The van der Waals surface area contributed by atoms with E-state index in [2.05, 4.69) is 10.0 Å². The van der Waals surface area contributed by atoms with Crippen LogP contribution >= 0.6 is 0 Å². The first-order valence-corrected chi connectivity index (χ1v) is 38.8. The summed E-state index contributed by atoms with van der Waals surface area (Å²) >= 11 is 0. The van der Waals surface area contributed by atoms with Crippen LogP contribution in [0.3, 0.4) is 0 Å². The number of hydrogen-bond donors (Lipinski definition) is 0. The number of nitrogens with zero attached hydrogens (tertiary/aromatic N) is 4. The van der Waals surface area contributed by atoms with E-state index in [9.17, 15) is 38.4 Å². The Morgan fingerprint density at radius 3 is 1.29 bits per heavy atom. The molecule has 36 heteroatoms. The SMILES string of the molecule is CC(=O)OC[C@H]1O[C@@H](O[C@H]2[C@H](OC(C)=O)[C@@H](OC(C)=O)[C@H](OC[C@H]3O[C@@H](O[C@H]4[C@@H](OC(C)=O)[C@@H](COCc5ccccc5)O[C@@H](OCCCCCCN=[N+]=[N-])[C@@H]4OCc4ccccc4)[C@H](N4C(=O)c5ccccc5C4=O)[C@@H](OC(=O)c4ccc(C)cc4)[C@@H]3OC(=O)c3ccc(C)cc3)O[C@@H]2COC(C)=O)[C@H](OC(C)=O)[C@@H](OC(C)=O)[C@H]1OC(C)=O. The zero-order valence-corrected chi connectivity index (χ0v) is 67.6. The smallest absolute Gasteiger partial charge is 0.338 e. The molecule has 4 fully saturated rings. The van der Waals surface area contributed by atoms with E-state index in [1.54, 1.807) is 80.6 Å². The lowest BCUT2D eigenvalue weighted by molar-refractivity contribution is -0.371. The van der Waals surface area contributed by atoms with E-state index < -0.39 is 214 Å². The zero-order valence-electron chi connectivity index (χ0n) is 67.6. The summed E-state index contributed by atoms with van der Waals surface area (Å²) < 4.78 is 127. The van der Waals surface area contributed by atoms with Crippen LogP contribution in [-0.4, -0.2) is 239 Å². The first kappa shape index (κ1) is 91.2. The molecular formula is C84H96N4O32. The lowest BCUT2D eigenvalue weighted by Crippen LogP contribution is -2.70. The highest BCUT2D eigenvalue weighted by atomic mass is 16.8. The maximum atomic E-state index is 15.7. The Morgan fingerprint density at radius 2 is 0.775 bits per heavy atom. The molecule has 36 nitrogen and oxygen atoms in total. The number of carbonyl (C=O) groups excluding carboxylic acids is 12. The van der Waals surface area contributed by atoms with Crippen molar-refractivity contribution in [1.29, 1.82) is 0 Å². The number of carbonyl (C=O) groups is 12. The average Bonchev–Trinajstić information content (AvgIpc) is 1.62. The molecule has 5 heterocycles. The minimum atomic E-state index is -2.25. The molecule has 0 bridgehead atoms. The number of aryl methyl sites for hydroxylation is 2. The molecule has 0 spiro atoms. The number of hydrogen-bond acceptors (Lipinski definition) is 33. The Labute approximate surface area is 689 Å². The largest absolute Gasteiger partial charge is 0.463 e. The maximum Gasteiger partial charge on any atom is 0.338 e. The fourth-order valence-corrected chi connectivity index (χ4v) is 14.2. The van der Waals surface area contributed by atoms with Crippen LogP contribution in [0, 0.1) is 13.8 Å². The lowest BCUT2D eigenvalue weighted by Gasteiger charge is -2.51. The van der Waals surface area contributed by atoms with Crippen molar-refractivity contribution in [3.63, 3.8) is 0 Å². The van der Waals surface area contributed by atoms with Gasteiger partial charge in [-0.15, -0.1) is 0 Å². The Hall–Kier alpha value is -11.2. The molecule has 0 aromatic heterocycles. The van der Waals surface area contributed by atoms with E-state index in [1.165, 1.54) is 48.5 Å². The Morgan fingerprint density at radius 1 is 0.375 bits per heavy atom. The van der Waals surface area contributed by atoms with E-state index in [0.717, 1.165) is 65.9 Å². The quantitative estimate of drug-likeness (QED) is 0.00695. The van der Waals surface area contributed by atoms with E-state index in [-0.39, 0.29) is 55.2 Å². The highest BCUT2D eigenvalue weighted by Gasteiger charge is 2.63. The van der Waals surface area contributed by atoms with Gasteiger partial charge in [0.05, 0.1) is 48.7 Å². The minimum Gasteiger partial charge on any atom is -0.463 e. The zero-order chi connectivity index (χ0) is 86.3. The number of esters is 10. The van der Waals surface area contributed by atoms with Gasteiger partial charge in [-0.1, -0.05) is 126 Å². The van der Waals surface area contributed by atoms with E-state index in [0.29, 0.717) is 42.4 Å². The van der Waals surface area contributed by atoms with Crippen molar-refractivity contribution in [3.8, 4) is 0 Å². The Kier molecular flexibility index (Phi) is 33.2. The number of azide groups is 1. The fraction of sp³-hybridized carbons (Fsp3) is 0.500. The number of imide groups is 1. The van der Waals surface area contributed by atoms with Gasteiger partial charge in [-0.25, -0.2) is 9.59 Å². The molecule has 5 aliphatic rings. The summed E-state index contributed by atoms with van der Waals surface area (Å²) in [5, 5.41) is 3.64. The van der Waals surface area contributed by atoms with Crippen molar-refractivity contribution < 1.29 is 152 Å². The number of fused-ring (bicyclic) bond motifs is 1. The van der Waals surface area contributed by atoms with Crippen molar-refractivity contribution in [2.45, 2.75) is 231 Å². The average molecular weight is 1670 g/mol. The molecule has 4 saturated heterocycles. The molecule has 120 heavy (non-hydrogen) atoms. The monoisotopic (exact) mass is 1670 g/mol. The summed E-state index contributed by atoms with van der Waals surface area (Å²) in [6.07, 6.45) is -33.6. The molecular weight excluding hydrogens is 1580 g/mol. The van der Waals surface area contributed by atoms with Gasteiger partial charge in [0.1, 0.15) is 62.0 Å². The summed E-state index contributed by atoms with van der Waals surface area (Å²) in [6.45, 7) is 8.47. The van der Waals surface area contributed by atoms with Gasteiger partial charge in [0.15, 0.2) is 74.0 Å². The van der Waals surface area contributed by atoms with E-state index >= 15 is 19.2 Å². The van der Waals surface area contributed by atoms with Gasteiger partial charge in [-0.2, -0.15) is 0 Å². The van der Waals surface area contributed by atoms with Gasteiger partial charge in [-0.05, 0) is 79.7 Å². The van der Waals surface area contributed by atoms with Gasteiger partial charge in [0.2, 0.25) is 0 Å². The molecule has 10 rings (SSSR count). The standard InChI is InChI=1S/C84H96N4O32/c1-45-29-33-57(34-30-45)79(99)117-66-64(44-106-83-75(111-53(9)95)73(110-52(8)94)69(63(115-83)43-104-48(4)90)119-84-76(112-54(10)96)72(109-51(7)93)68(108-50(6)92)62(116-84)42-103-47(3)89)113-81(65(70(66)118-80(100)58-35-31-46(2)32-36-58)88-77(97)59-27-19-20-28-60(59)78(88)98)120-71-67(107-49(5)91)61(41-101-39-55-23-15-13-16-24-55)114-82(102-38-22-12-11-21-37-86-87-85)74(71)105-40-56-25-17-14-18-26-56/h13-20,23-36,61-76,81-84H,11-12,21-22,37-44H2,1-10H3/t61-,62-,63-,64-,65-,66-,67+,68+,69-,70-,71+,72+,73+,74-,75-,76-,81+,82-,83-,84+/m1/s1. The highest BCUT2D eigenvalue weighted by Crippen LogP contribution is 2.42. The molecule has 0 N–H and O–H groups in total. The van der Waals surface area contributed by atoms with Crippen LogP contribution in [0.4, 0.5) is 0 Å². The molecule has 0 aliphatic carbocycles. The predicted molar refractivity (Wildman–Crippen MR) is 408 cm³/mol. The lowest BCUT2D eigenvalue weighted by atomic mass is 9.93. The second-order valence-electron chi connectivity index (χ2n) is 28.7. The molecule has 5 aliphatic heterocycles. The van der Waals surface area contributed by atoms with Crippen molar-refractivity contribution >= 4 is 71.5 Å². The fourth-order valence-electron chi connectivity index (χ4n) is 14.2. The second kappa shape index (κ2) is 43.7. The number of ether oxygens (including phenoxy) is 20. The van der Waals surface area contributed by atoms with E-state index in [1.807, 2.05) is 18.2 Å². The molecule has 20 atom stereocenters. The van der Waals surface area contributed by atoms with Crippen molar-refractivity contribution in [1.82, 2.24) is 4.90 Å². The van der Waals surface area contributed by atoms with Crippen LogP contribution in [-0.2, 0) is 146 Å². The van der Waals surface area contributed by atoms with Gasteiger partial charge in [0.25, 0.3) is 11.8 Å². The third-order valence-corrected chi connectivity index (χ3v) is 19.5. The first-order chi connectivity index (χ1) is 57.5. The third kappa shape index (κ3) is 24.8. The van der Waals surface area contributed by atoms with Crippen molar-refractivity contribution in [2.24, 2.45) is 5.11 Å². The summed E-state index contributed by atoms with van der Waals surface area (Å²) in [5.41, 5.74) is 11.2. The summed E-state index contributed by atoms with van der Waals surface area (Å²) in [4.78, 5) is 172. The van der Waals surface area contributed by atoms with Crippen LogP contribution in [0.1, 0.15) is 145 Å². The molecule has 5 aromatic carbocycles. The highest BCUT2D eigenvalue weighted by molar-refractivity contribution is 6.21. The second-order valence-corrected chi connectivity index (χ2v) is 28.7. The Balaban J connectivity index is 1.15. The predicted octanol–water partition coefficient (Wildman–Crippen LogP) is 7.81. The number of benzene rings is 5. The summed E-state index contributed by atoms with van der Waals surface area (Å²) in [6, 6.07) is 33.6. The normalized spacial score (nSPS) is 26.9. The third-order valence-electron chi connectivity index (χ3n) is 19.5. The van der Waals surface area contributed by atoms with Gasteiger partial charge in [-0.3, -0.25) is 52.8 Å². The molecule has 0 unspecified atom stereocenters. The molecule has 0 saturated carbocycles. The van der Waals surface area contributed by atoms with Crippen LogP contribution in [0.25, 0.3) is 10.4 Å². The van der Waals surface area contributed by atoms with Gasteiger partial charge >= 0.3 is 59.7 Å². The number of rotatable bonds is 37. The molecule has 5 aromatic rings. The van der Waals surface area contributed by atoms with Crippen molar-refractivity contribution in [2.75, 3.05) is 39.6 Å². The van der Waals surface area contributed by atoms with Crippen LogP contribution in [0.5, 0.6) is 0 Å². The van der Waals surface area contributed by atoms with Crippen LogP contribution in [0.15, 0.2) is 139 Å². The molecule has 644 valence electrons. The first-order valence-electron chi connectivity index (χ1n) is 38.8. The van der Waals surface area contributed by atoms with E-state index in [4.69, 9.17) is 100 Å². The van der Waals surface area contributed by atoms with Gasteiger partial charge < -0.3 is 94.7 Å². The summed E-state index contributed by atoms with van der Waals surface area (Å²) in [5.74, 6) is -12.3. The number of unbranched alkanes of at least 4 members (excludes halogenated alkanes) is 3. The summed E-state index contributed by atoms with van der Waals surface area (Å²) in [7, 11) is 0. The van der Waals surface area contributed by atoms with Gasteiger partial charge in [0, 0.05) is 73.5 Å². The maximum absolute atomic E-state index is 15.7. The van der Waals surface area contributed by atoms with Crippen LogP contribution in [0.2, 0.25) is 0 Å². The Bertz CT molecular complexity index is 4400. The molecule has 2 amide bonds. The number of amides is 2.